The van der Waals surface area contributed by atoms with E-state index >= 15 is 0 Å². The Kier molecular flexibility index (Phi) is 3.73. The molecule has 0 bridgehead atoms. The minimum Gasteiger partial charge on any atom is -0.481 e. The molecule has 0 aliphatic rings. The zero-order valence-corrected chi connectivity index (χ0v) is 9.08. The third-order valence-corrected chi connectivity index (χ3v) is 1.93. The molecule has 1 aromatic rings. The zero-order valence-electron chi connectivity index (χ0n) is 9.08. The first-order valence-corrected chi connectivity index (χ1v) is 4.63. The number of hydrogen-bond acceptors (Lipinski definition) is 5. The van der Waals surface area contributed by atoms with E-state index in [-0.39, 0.29) is 0 Å². The van der Waals surface area contributed by atoms with Gasteiger partial charge >= 0.3 is 5.97 Å². The van der Waals surface area contributed by atoms with Crippen molar-refractivity contribution in [1.29, 1.82) is 0 Å². The summed E-state index contributed by atoms with van der Waals surface area (Å²) < 4.78 is 1.53. The van der Waals surface area contributed by atoms with Gasteiger partial charge in [0, 0.05) is 0 Å². The first-order valence-electron chi connectivity index (χ1n) is 4.63. The van der Waals surface area contributed by atoms with Gasteiger partial charge in [-0.05, 0) is 24.5 Å². The lowest BCUT2D eigenvalue weighted by molar-refractivity contribution is -0.141. The van der Waals surface area contributed by atoms with Crippen LogP contribution in [0.25, 0.3) is 0 Å². The second-order valence-corrected chi connectivity index (χ2v) is 3.75. The zero-order chi connectivity index (χ0) is 11.4. The fourth-order valence-corrected chi connectivity index (χ4v) is 1.10. The fraction of sp³-hybridized carbons (Fsp3) is 0.750. The molecule has 0 radical (unpaired) electrons. The molecule has 84 valence electrons. The van der Waals surface area contributed by atoms with Crippen molar-refractivity contribution >= 4 is 5.97 Å². The van der Waals surface area contributed by atoms with E-state index in [4.69, 9.17) is 5.11 Å². The topological polar surface area (TPSA) is 84.1 Å². The van der Waals surface area contributed by atoms with E-state index in [1.165, 1.54) is 4.68 Å². The maximum absolute atomic E-state index is 10.7. The van der Waals surface area contributed by atoms with Gasteiger partial charge in [-0.3, -0.25) is 4.79 Å². The Hall–Kier alpha value is -1.50. The molecule has 1 unspecified atom stereocenters. The molecule has 1 rings (SSSR count). The largest absolute Gasteiger partial charge is 0.481 e. The van der Waals surface area contributed by atoms with Crippen LogP contribution in [-0.4, -0.2) is 50.3 Å². The van der Waals surface area contributed by atoms with Crippen LogP contribution in [0.5, 0.6) is 0 Å². The SMILES string of the molecule is CC(Cn1nnnc1CN(C)C)C(=O)O. The van der Waals surface area contributed by atoms with Crippen molar-refractivity contribution in [3.63, 3.8) is 0 Å². The lowest BCUT2D eigenvalue weighted by atomic mass is 10.2. The molecule has 1 N–H and O–H groups in total. The Labute approximate surface area is 87.7 Å². The number of carboxylic acid groups (broad SMARTS) is 1. The highest BCUT2D eigenvalue weighted by Gasteiger charge is 2.15. The molecule has 0 aliphatic heterocycles. The predicted molar refractivity (Wildman–Crippen MR) is 52.0 cm³/mol. The number of hydrogen-bond donors (Lipinski definition) is 1. The number of nitrogens with zero attached hydrogens (tertiary/aromatic N) is 5. The number of carboxylic acids is 1. The monoisotopic (exact) mass is 213 g/mol. The Morgan fingerprint density at radius 1 is 1.60 bits per heavy atom. The Morgan fingerprint density at radius 2 is 2.27 bits per heavy atom. The van der Waals surface area contributed by atoms with Crippen LogP contribution < -0.4 is 0 Å². The minimum atomic E-state index is -0.846. The maximum Gasteiger partial charge on any atom is 0.308 e. The van der Waals surface area contributed by atoms with Crippen LogP contribution in [-0.2, 0) is 17.9 Å². The van der Waals surface area contributed by atoms with Crippen LogP contribution in [0, 0.1) is 5.92 Å². The highest BCUT2D eigenvalue weighted by atomic mass is 16.4. The lowest BCUT2D eigenvalue weighted by Crippen LogP contribution is -2.22. The highest BCUT2D eigenvalue weighted by Crippen LogP contribution is 2.02. The molecule has 0 spiro atoms. The Bertz CT molecular complexity index is 336. The lowest BCUT2D eigenvalue weighted by Gasteiger charge is -2.10. The number of tetrazole rings is 1. The molecule has 1 aromatic heterocycles. The molecule has 1 heterocycles. The summed E-state index contributed by atoms with van der Waals surface area (Å²) in [7, 11) is 3.80. The van der Waals surface area contributed by atoms with E-state index < -0.39 is 11.9 Å². The van der Waals surface area contributed by atoms with E-state index in [0.29, 0.717) is 18.9 Å². The van der Waals surface area contributed by atoms with E-state index in [0.717, 1.165) is 0 Å². The molecular weight excluding hydrogens is 198 g/mol. The van der Waals surface area contributed by atoms with E-state index in [1.807, 2.05) is 19.0 Å². The van der Waals surface area contributed by atoms with Crippen LogP contribution in [0.4, 0.5) is 0 Å². The second-order valence-electron chi connectivity index (χ2n) is 3.75. The maximum atomic E-state index is 10.7. The predicted octanol–water partition coefficient (Wildman–Crippen LogP) is -0.545. The van der Waals surface area contributed by atoms with Crippen molar-refractivity contribution in [2.45, 2.75) is 20.0 Å². The molecule has 0 saturated heterocycles. The van der Waals surface area contributed by atoms with E-state index in [2.05, 4.69) is 15.5 Å². The van der Waals surface area contributed by atoms with Gasteiger partial charge in [0.05, 0.1) is 19.0 Å². The van der Waals surface area contributed by atoms with Crippen LogP contribution in [0.3, 0.4) is 0 Å². The summed E-state index contributed by atoms with van der Waals surface area (Å²) in [6, 6.07) is 0. The van der Waals surface area contributed by atoms with Crippen molar-refractivity contribution in [2.24, 2.45) is 5.92 Å². The summed E-state index contributed by atoms with van der Waals surface area (Å²) in [4.78, 5) is 12.6. The molecule has 1 atom stereocenters. The van der Waals surface area contributed by atoms with Crippen molar-refractivity contribution in [1.82, 2.24) is 25.1 Å². The summed E-state index contributed by atoms with van der Waals surface area (Å²) >= 11 is 0. The number of aromatic nitrogens is 4. The normalized spacial score (nSPS) is 13.1. The smallest absolute Gasteiger partial charge is 0.308 e. The summed E-state index contributed by atoms with van der Waals surface area (Å²) in [5.41, 5.74) is 0. The van der Waals surface area contributed by atoms with Crippen LogP contribution in [0.1, 0.15) is 12.7 Å². The van der Waals surface area contributed by atoms with Crippen molar-refractivity contribution in [2.75, 3.05) is 14.1 Å². The van der Waals surface area contributed by atoms with Crippen LogP contribution >= 0.6 is 0 Å². The van der Waals surface area contributed by atoms with Gasteiger partial charge in [0.2, 0.25) is 0 Å². The Balaban J connectivity index is 2.68. The molecule has 0 amide bonds. The van der Waals surface area contributed by atoms with Gasteiger partial charge < -0.3 is 10.0 Å². The third kappa shape index (κ3) is 3.28. The molecule has 0 aromatic carbocycles. The van der Waals surface area contributed by atoms with Gasteiger partial charge in [-0.2, -0.15) is 0 Å². The minimum absolute atomic E-state index is 0.297. The summed E-state index contributed by atoms with van der Waals surface area (Å²) in [5.74, 6) is -0.663. The third-order valence-electron chi connectivity index (χ3n) is 1.93. The Morgan fingerprint density at radius 3 is 2.80 bits per heavy atom. The number of aliphatic carboxylic acids is 1. The van der Waals surface area contributed by atoms with Gasteiger partial charge in [0.15, 0.2) is 5.82 Å². The fourth-order valence-electron chi connectivity index (χ4n) is 1.10. The van der Waals surface area contributed by atoms with E-state index in [9.17, 15) is 4.79 Å². The van der Waals surface area contributed by atoms with Crippen molar-refractivity contribution in [3.8, 4) is 0 Å². The average Bonchev–Trinajstić information content (AvgIpc) is 2.51. The molecule has 7 nitrogen and oxygen atoms in total. The quantitative estimate of drug-likeness (QED) is 0.706. The van der Waals surface area contributed by atoms with Gasteiger partial charge in [0.1, 0.15) is 0 Å². The summed E-state index contributed by atoms with van der Waals surface area (Å²) in [6.07, 6.45) is 0. The van der Waals surface area contributed by atoms with Gasteiger partial charge in [0.25, 0.3) is 0 Å². The number of carbonyl (C=O) groups is 1. The molecule has 0 fully saturated rings. The standard InChI is InChI=1S/C8H15N5O2/c1-6(8(14)15)4-13-7(5-12(2)3)9-10-11-13/h6H,4-5H2,1-3H3,(H,14,15). The molecule has 7 heteroatoms. The first-order chi connectivity index (χ1) is 7.00. The number of rotatable bonds is 5. The first kappa shape index (κ1) is 11.6. The van der Waals surface area contributed by atoms with Gasteiger partial charge in [-0.15, -0.1) is 5.10 Å². The summed E-state index contributed by atoms with van der Waals surface area (Å²) in [5, 5.41) is 19.9. The van der Waals surface area contributed by atoms with Gasteiger partial charge in [-0.1, -0.05) is 6.92 Å². The average molecular weight is 213 g/mol. The molecule has 0 aliphatic carbocycles. The molecule has 15 heavy (non-hydrogen) atoms. The second kappa shape index (κ2) is 4.83. The highest BCUT2D eigenvalue weighted by molar-refractivity contribution is 5.69. The van der Waals surface area contributed by atoms with Crippen molar-refractivity contribution < 1.29 is 9.90 Å². The molecular formula is C8H15N5O2. The van der Waals surface area contributed by atoms with E-state index in [1.54, 1.807) is 6.92 Å². The van der Waals surface area contributed by atoms with Crippen LogP contribution in [0.2, 0.25) is 0 Å². The van der Waals surface area contributed by atoms with Gasteiger partial charge in [-0.25, -0.2) is 4.68 Å². The summed E-state index contributed by atoms with van der Waals surface area (Å²) in [6.45, 7) is 2.52. The van der Waals surface area contributed by atoms with Crippen molar-refractivity contribution in [3.05, 3.63) is 5.82 Å². The molecule has 0 saturated carbocycles. The van der Waals surface area contributed by atoms with Crippen LogP contribution in [0.15, 0.2) is 0 Å².